The van der Waals surface area contributed by atoms with Gasteiger partial charge >= 0.3 is 6.01 Å². The monoisotopic (exact) mass is 311 g/mol. The molecule has 0 atom stereocenters. The highest BCUT2D eigenvalue weighted by Crippen LogP contribution is 2.29. The lowest BCUT2D eigenvalue weighted by Gasteiger charge is -2.09. The average molecular weight is 312 g/mol. The fraction of sp³-hybridized carbons (Fsp3) is 0.100. The zero-order valence-electron chi connectivity index (χ0n) is 9.41. The van der Waals surface area contributed by atoms with Crippen LogP contribution in [-0.4, -0.2) is 25.8 Å². The summed E-state index contributed by atoms with van der Waals surface area (Å²) >= 11 is 3.31. The molecule has 0 amide bonds. The number of amidine groups is 1. The molecule has 1 aromatic heterocycles. The second-order valence-corrected chi connectivity index (χ2v) is 4.26. The first-order chi connectivity index (χ1) is 8.61. The molecule has 0 spiro atoms. The van der Waals surface area contributed by atoms with Crippen LogP contribution in [0.25, 0.3) is 0 Å². The van der Waals surface area contributed by atoms with Gasteiger partial charge in [0.25, 0.3) is 0 Å². The van der Waals surface area contributed by atoms with Gasteiger partial charge in [0.1, 0.15) is 12.1 Å². The van der Waals surface area contributed by atoms with E-state index in [2.05, 4.69) is 31.2 Å². The predicted molar refractivity (Wildman–Crippen MR) is 67.7 cm³/mol. The average Bonchev–Trinajstić information content (AvgIpc) is 2.74. The van der Waals surface area contributed by atoms with Crippen molar-refractivity contribution in [2.45, 2.75) is 0 Å². The Kier molecular flexibility index (Phi) is 3.47. The largest absolute Gasteiger partial charge is 0.422 e. The standard InChI is InChI=1S/C10H10BrN5O2/c1-16-5-13-10(14-16)18-7-4-2-3-6(11)8(7)9(12)15-17/h2-5,17H,1H3,(H2,12,15). The first-order valence-corrected chi connectivity index (χ1v) is 5.71. The van der Waals surface area contributed by atoms with Gasteiger partial charge in [-0.05, 0) is 28.1 Å². The lowest BCUT2D eigenvalue weighted by atomic mass is 10.2. The van der Waals surface area contributed by atoms with E-state index in [-0.39, 0.29) is 11.8 Å². The summed E-state index contributed by atoms with van der Waals surface area (Å²) in [4.78, 5) is 3.94. The van der Waals surface area contributed by atoms with Gasteiger partial charge in [-0.2, -0.15) is 4.98 Å². The maximum atomic E-state index is 8.76. The highest BCUT2D eigenvalue weighted by atomic mass is 79.9. The highest BCUT2D eigenvalue weighted by molar-refractivity contribution is 9.10. The van der Waals surface area contributed by atoms with Crippen LogP contribution >= 0.6 is 15.9 Å². The quantitative estimate of drug-likeness (QED) is 0.387. The van der Waals surface area contributed by atoms with Crippen molar-refractivity contribution in [1.29, 1.82) is 0 Å². The van der Waals surface area contributed by atoms with Gasteiger partial charge in [-0.3, -0.25) is 4.68 Å². The summed E-state index contributed by atoms with van der Waals surface area (Å²) in [6.07, 6.45) is 1.51. The second kappa shape index (κ2) is 5.05. The highest BCUT2D eigenvalue weighted by Gasteiger charge is 2.14. The lowest BCUT2D eigenvalue weighted by molar-refractivity contribution is 0.318. The minimum absolute atomic E-state index is 0.0617. The number of ether oxygens (including phenoxy) is 1. The first-order valence-electron chi connectivity index (χ1n) is 4.91. The van der Waals surface area contributed by atoms with Gasteiger partial charge in [0.2, 0.25) is 0 Å². The smallest absolute Gasteiger partial charge is 0.341 e. The Morgan fingerprint density at radius 3 is 2.94 bits per heavy atom. The van der Waals surface area contributed by atoms with Crippen molar-refractivity contribution < 1.29 is 9.94 Å². The molecule has 0 fully saturated rings. The van der Waals surface area contributed by atoms with E-state index in [4.69, 9.17) is 15.7 Å². The third kappa shape index (κ3) is 2.43. The molecule has 0 aliphatic heterocycles. The van der Waals surface area contributed by atoms with E-state index in [0.717, 1.165) is 0 Å². The molecule has 0 aliphatic carbocycles. The molecular weight excluding hydrogens is 302 g/mol. The number of hydrogen-bond acceptors (Lipinski definition) is 5. The Labute approximate surface area is 111 Å². The number of rotatable bonds is 3. The van der Waals surface area contributed by atoms with Gasteiger partial charge in [0, 0.05) is 11.5 Å². The van der Waals surface area contributed by atoms with Gasteiger partial charge in [-0.15, -0.1) is 5.10 Å². The van der Waals surface area contributed by atoms with Crippen molar-refractivity contribution in [3.8, 4) is 11.8 Å². The van der Waals surface area contributed by atoms with E-state index in [1.165, 1.54) is 11.0 Å². The molecule has 0 aliphatic rings. The number of halogens is 1. The topological polar surface area (TPSA) is 98.6 Å². The number of aromatic nitrogens is 3. The van der Waals surface area contributed by atoms with E-state index in [1.54, 1.807) is 25.2 Å². The van der Waals surface area contributed by atoms with Gasteiger partial charge < -0.3 is 15.7 Å². The van der Waals surface area contributed by atoms with Crippen molar-refractivity contribution in [3.05, 3.63) is 34.6 Å². The molecule has 94 valence electrons. The second-order valence-electron chi connectivity index (χ2n) is 3.40. The lowest BCUT2D eigenvalue weighted by Crippen LogP contribution is -2.15. The first kappa shape index (κ1) is 12.4. The van der Waals surface area contributed by atoms with Gasteiger partial charge in [0.05, 0.1) is 5.56 Å². The summed E-state index contributed by atoms with van der Waals surface area (Å²) in [6.45, 7) is 0. The molecule has 0 bridgehead atoms. The number of hydrogen-bond donors (Lipinski definition) is 2. The van der Waals surface area contributed by atoms with Crippen LogP contribution in [0, 0.1) is 0 Å². The van der Waals surface area contributed by atoms with E-state index < -0.39 is 0 Å². The van der Waals surface area contributed by atoms with Crippen LogP contribution in [0.5, 0.6) is 11.8 Å². The van der Waals surface area contributed by atoms with Crippen molar-refractivity contribution in [1.82, 2.24) is 14.8 Å². The molecule has 1 aromatic carbocycles. The molecule has 7 nitrogen and oxygen atoms in total. The van der Waals surface area contributed by atoms with Crippen LogP contribution in [-0.2, 0) is 7.05 Å². The van der Waals surface area contributed by atoms with Crippen LogP contribution in [0.1, 0.15) is 5.56 Å². The molecule has 2 rings (SSSR count). The number of oxime groups is 1. The van der Waals surface area contributed by atoms with Crippen LogP contribution in [0.4, 0.5) is 0 Å². The summed E-state index contributed by atoms with van der Waals surface area (Å²) in [7, 11) is 1.73. The SMILES string of the molecule is Cn1cnc(Oc2cccc(Br)c2/C(N)=N/O)n1. The van der Waals surface area contributed by atoms with Crippen LogP contribution in [0.3, 0.4) is 0 Å². The number of aryl methyl sites for hydroxylation is 1. The predicted octanol–water partition coefficient (Wildman–Crippen LogP) is 1.46. The molecule has 18 heavy (non-hydrogen) atoms. The third-order valence-corrected chi connectivity index (χ3v) is 2.78. The van der Waals surface area contributed by atoms with E-state index in [1.807, 2.05) is 0 Å². The van der Waals surface area contributed by atoms with Crippen molar-refractivity contribution >= 4 is 21.8 Å². The molecule has 1 heterocycles. The normalized spacial score (nSPS) is 11.6. The van der Waals surface area contributed by atoms with Gasteiger partial charge in [-0.25, -0.2) is 0 Å². The Bertz CT molecular complexity index is 596. The van der Waals surface area contributed by atoms with Crippen LogP contribution < -0.4 is 10.5 Å². The number of nitrogens with two attached hydrogens (primary N) is 1. The zero-order valence-corrected chi connectivity index (χ0v) is 11.0. The maximum absolute atomic E-state index is 8.76. The molecule has 0 saturated heterocycles. The van der Waals surface area contributed by atoms with Gasteiger partial charge in [0.15, 0.2) is 5.84 Å². The van der Waals surface area contributed by atoms with Crippen molar-refractivity contribution in [3.63, 3.8) is 0 Å². The van der Waals surface area contributed by atoms with E-state index in [9.17, 15) is 0 Å². The molecule has 2 aromatic rings. The zero-order chi connectivity index (χ0) is 13.1. The molecule has 0 saturated carbocycles. The molecule has 0 radical (unpaired) electrons. The fourth-order valence-corrected chi connectivity index (χ4v) is 1.90. The Balaban J connectivity index is 2.41. The minimum atomic E-state index is -0.0617. The summed E-state index contributed by atoms with van der Waals surface area (Å²) < 4.78 is 7.64. The molecular formula is C10H10BrN5O2. The maximum Gasteiger partial charge on any atom is 0.341 e. The summed E-state index contributed by atoms with van der Waals surface area (Å²) in [6, 6.07) is 5.37. The summed E-state index contributed by atoms with van der Waals surface area (Å²) in [5.41, 5.74) is 6.04. The number of nitrogens with zero attached hydrogens (tertiary/aromatic N) is 4. The van der Waals surface area contributed by atoms with Gasteiger partial charge in [-0.1, -0.05) is 11.2 Å². The Morgan fingerprint density at radius 1 is 1.56 bits per heavy atom. The Hall–Kier alpha value is -2.09. The molecule has 0 unspecified atom stereocenters. The molecule has 3 N–H and O–H groups in total. The van der Waals surface area contributed by atoms with Crippen molar-refractivity contribution in [2.75, 3.05) is 0 Å². The van der Waals surface area contributed by atoms with Crippen LogP contribution in [0.15, 0.2) is 34.2 Å². The number of benzene rings is 1. The summed E-state index contributed by atoms with van der Waals surface area (Å²) in [5.74, 6) is 0.333. The van der Waals surface area contributed by atoms with Crippen molar-refractivity contribution in [2.24, 2.45) is 17.9 Å². The van der Waals surface area contributed by atoms with E-state index >= 15 is 0 Å². The van der Waals surface area contributed by atoms with E-state index in [0.29, 0.717) is 15.8 Å². The third-order valence-electron chi connectivity index (χ3n) is 2.12. The minimum Gasteiger partial charge on any atom is -0.422 e. The van der Waals surface area contributed by atoms with Crippen LogP contribution in [0.2, 0.25) is 0 Å². The molecule has 8 heteroatoms. The fourth-order valence-electron chi connectivity index (χ4n) is 1.35. The Morgan fingerprint density at radius 2 is 2.33 bits per heavy atom. The summed E-state index contributed by atoms with van der Waals surface area (Å²) in [5, 5.41) is 15.7.